The smallest absolute Gasteiger partial charge is 0.319 e. The molecule has 1 aliphatic rings. The van der Waals surface area contributed by atoms with Crippen LogP contribution in [0.3, 0.4) is 0 Å². The largest absolute Gasteiger partial charge is 0.465 e. The molecular weight excluding hydrogens is 178 g/mol. The molecule has 1 saturated heterocycles. The van der Waals surface area contributed by atoms with E-state index < -0.39 is 23.7 Å². The fourth-order valence-corrected chi connectivity index (χ4v) is 1.05. The molecule has 0 radical (unpaired) electrons. The van der Waals surface area contributed by atoms with Crippen molar-refractivity contribution in [1.82, 2.24) is 5.06 Å². The lowest BCUT2D eigenvalue weighted by molar-refractivity contribution is -0.173. The van der Waals surface area contributed by atoms with Crippen LogP contribution in [0, 0.1) is 5.92 Å². The van der Waals surface area contributed by atoms with Gasteiger partial charge in [0, 0.05) is 0 Å². The summed E-state index contributed by atoms with van der Waals surface area (Å²) in [5, 5.41) is 8.74. The Balaban J connectivity index is 2.68. The van der Waals surface area contributed by atoms with Gasteiger partial charge in [0.25, 0.3) is 11.8 Å². The van der Waals surface area contributed by atoms with Crippen LogP contribution in [0.2, 0.25) is 0 Å². The van der Waals surface area contributed by atoms with E-state index in [-0.39, 0.29) is 18.1 Å². The molecule has 1 rings (SSSR count). The lowest BCUT2D eigenvalue weighted by Crippen LogP contribution is -2.30. The van der Waals surface area contributed by atoms with E-state index in [0.29, 0.717) is 0 Å². The zero-order chi connectivity index (χ0) is 10.0. The van der Waals surface area contributed by atoms with Crippen molar-refractivity contribution in [3.63, 3.8) is 0 Å². The standard InChI is InChI=1S/C7H9NO5/c1-2-13-7(11)4-3-5(9)8(12)6(4)10/h4,12H,2-3H2,1H3. The summed E-state index contributed by atoms with van der Waals surface area (Å²) in [6, 6.07) is 0. The second-order valence-electron chi connectivity index (χ2n) is 2.55. The van der Waals surface area contributed by atoms with E-state index in [4.69, 9.17) is 5.21 Å². The van der Waals surface area contributed by atoms with E-state index in [2.05, 4.69) is 4.74 Å². The molecule has 0 aromatic carbocycles. The first-order valence-corrected chi connectivity index (χ1v) is 3.80. The van der Waals surface area contributed by atoms with Crippen molar-refractivity contribution in [2.45, 2.75) is 13.3 Å². The molecule has 72 valence electrons. The second kappa shape index (κ2) is 3.53. The van der Waals surface area contributed by atoms with Crippen LogP contribution < -0.4 is 0 Å². The summed E-state index contributed by atoms with van der Waals surface area (Å²) >= 11 is 0. The van der Waals surface area contributed by atoms with Crippen molar-refractivity contribution in [2.24, 2.45) is 5.92 Å². The molecule has 1 heterocycles. The van der Waals surface area contributed by atoms with Gasteiger partial charge in [-0.2, -0.15) is 5.06 Å². The summed E-state index contributed by atoms with van der Waals surface area (Å²) in [5.74, 6) is -3.62. The van der Waals surface area contributed by atoms with E-state index in [1.54, 1.807) is 6.92 Å². The Morgan fingerprint density at radius 2 is 2.31 bits per heavy atom. The third-order valence-electron chi connectivity index (χ3n) is 1.69. The average Bonchev–Trinajstić information content (AvgIpc) is 2.33. The van der Waals surface area contributed by atoms with Gasteiger partial charge < -0.3 is 4.74 Å². The number of amides is 2. The topological polar surface area (TPSA) is 83.9 Å². The van der Waals surface area contributed by atoms with Crippen LogP contribution in [0.15, 0.2) is 0 Å². The third kappa shape index (κ3) is 1.67. The molecule has 1 unspecified atom stereocenters. The van der Waals surface area contributed by atoms with Crippen LogP contribution in [-0.4, -0.2) is 34.7 Å². The van der Waals surface area contributed by atoms with E-state index in [0.717, 1.165) is 0 Å². The number of carbonyl (C=O) groups is 3. The first-order chi connectivity index (χ1) is 6.07. The van der Waals surface area contributed by atoms with E-state index >= 15 is 0 Å². The van der Waals surface area contributed by atoms with Gasteiger partial charge in [0.1, 0.15) is 5.92 Å². The molecular formula is C7H9NO5. The Bertz CT molecular complexity index is 262. The van der Waals surface area contributed by atoms with Crippen molar-refractivity contribution in [1.29, 1.82) is 0 Å². The van der Waals surface area contributed by atoms with Crippen LogP contribution >= 0.6 is 0 Å². The van der Waals surface area contributed by atoms with Crippen molar-refractivity contribution in [2.75, 3.05) is 6.61 Å². The maximum Gasteiger partial charge on any atom is 0.319 e. The van der Waals surface area contributed by atoms with Crippen LogP contribution in [0.5, 0.6) is 0 Å². The second-order valence-corrected chi connectivity index (χ2v) is 2.55. The van der Waals surface area contributed by atoms with Gasteiger partial charge in [0.2, 0.25) is 0 Å². The molecule has 6 nitrogen and oxygen atoms in total. The van der Waals surface area contributed by atoms with E-state index in [1.807, 2.05) is 0 Å². The van der Waals surface area contributed by atoms with Crippen molar-refractivity contribution in [3.8, 4) is 0 Å². The number of rotatable bonds is 2. The highest BCUT2D eigenvalue weighted by atomic mass is 16.5. The number of esters is 1. The molecule has 1 atom stereocenters. The third-order valence-corrected chi connectivity index (χ3v) is 1.69. The van der Waals surface area contributed by atoms with Gasteiger partial charge in [-0.3, -0.25) is 19.6 Å². The minimum atomic E-state index is -1.17. The number of nitrogens with zero attached hydrogens (tertiary/aromatic N) is 1. The summed E-state index contributed by atoms with van der Waals surface area (Å²) in [7, 11) is 0. The summed E-state index contributed by atoms with van der Waals surface area (Å²) in [4.78, 5) is 32.8. The Labute approximate surface area is 74.0 Å². The summed E-state index contributed by atoms with van der Waals surface area (Å²) in [6.07, 6.45) is -0.311. The molecule has 0 saturated carbocycles. The Morgan fingerprint density at radius 3 is 2.69 bits per heavy atom. The molecule has 0 bridgehead atoms. The summed E-state index contributed by atoms with van der Waals surface area (Å²) in [5.41, 5.74) is 0. The van der Waals surface area contributed by atoms with Crippen molar-refractivity contribution in [3.05, 3.63) is 0 Å². The molecule has 1 aliphatic heterocycles. The van der Waals surface area contributed by atoms with Crippen molar-refractivity contribution < 1.29 is 24.3 Å². The van der Waals surface area contributed by atoms with Gasteiger partial charge in [0.05, 0.1) is 13.0 Å². The minimum absolute atomic E-state index is 0.0401. The predicted octanol–water partition coefficient (Wildman–Crippen LogP) is -0.686. The minimum Gasteiger partial charge on any atom is -0.465 e. The maximum absolute atomic E-state index is 11.0. The lowest BCUT2D eigenvalue weighted by Gasteiger charge is -2.05. The molecule has 0 spiro atoms. The van der Waals surface area contributed by atoms with Gasteiger partial charge in [-0.25, -0.2) is 0 Å². The number of hydrogen-bond donors (Lipinski definition) is 1. The highest BCUT2D eigenvalue weighted by Gasteiger charge is 2.43. The Kier molecular flexibility index (Phi) is 2.62. The molecule has 0 aliphatic carbocycles. The number of imide groups is 1. The number of carbonyl (C=O) groups excluding carboxylic acids is 3. The molecule has 2 amide bonds. The zero-order valence-electron chi connectivity index (χ0n) is 7.02. The normalized spacial score (nSPS) is 22.3. The SMILES string of the molecule is CCOC(=O)C1CC(=O)N(O)C1=O. The number of ether oxygens (including phenoxy) is 1. The summed E-state index contributed by atoms with van der Waals surface area (Å²) < 4.78 is 4.54. The average molecular weight is 187 g/mol. The quantitative estimate of drug-likeness (QED) is 0.268. The van der Waals surface area contributed by atoms with Crippen LogP contribution in [-0.2, 0) is 19.1 Å². The van der Waals surface area contributed by atoms with E-state index in [1.165, 1.54) is 0 Å². The van der Waals surface area contributed by atoms with Gasteiger partial charge in [-0.05, 0) is 6.92 Å². The first kappa shape index (κ1) is 9.66. The molecule has 6 heteroatoms. The van der Waals surface area contributed by atoms with Gasteiger partial charge in [0.15, 0.2) is 0 Å². The zero-order valence-corrected chi connectivity index (χ0v) is 7.02. The first-order valence-electron chi connectivity index (χ1n) is 3.80. The maximum atomic E-state index is 11.0. The lowest BCUT2D eigenvalue weighted by atomic mass is 10.1. The van der Waals surface area contributed by atoms with Gasteiger partial charge >= 0.3 is 5.97 Å². The number of hydrogen-bond acceptors (Lipinski definition) is 5. The highest BCUT2D eigenvalue weighted by molar-refractivity contribution is 6.11. The Hall–Kier alpha value is -1.43. The monoisotopic (exact) mass is 187 g/mol. The Morgan fingerprint density at radius 1 is 1.69 bits per heavy atom. The van der Waals surface area contributed by atoms with Gasteiger partial charge in [-0.15, -0.1) is 0 Å². The molecule has 13 heavy (non-hydrogen) atoms. The molecule has 1 fully saturated rings. The highest BCUT2D eigenvalue weighted by Crippen LogP contribution is 2.18. The molecule has 0 aromatic heterocycles. The van der Waals surface area contributed by atoms with Crippen molar-refractivity contribution >= 4 is 17.8 Å². The fraction of sp³-hybridized carbons (Fsp3) is 0.571. The summed E-state index contributed by atoms with van der Waals surface area (Å²) in [6.45, 7) is 1.73. The van der Waals surface area contributed by atoms with Gasteiger partial charge in [-0.1, -0.05) is 0 Å². The predicted molar refractivity (Wildman–Crippen MR) is 38.4 cm³/mol. The fourth-order valence-electron chi connectivity index (χ4n) is 1.05. The van der Waals surface area contributed by atoms with Crippen LogP contribution in [0.4, 0.5) is 0 Å². The van der Waals surface area contributed by atoms with Crippen LogP contribution in [0.1, 0.15) is 13.3 Å². The molecule has 1 N–H and O–H groups in total. The number of hydroxylamine groups is 2. The molecule has 0 aromatic rings. The van der Waals surface area contributed by atoms with Crippen LogP contribution in [0.25, 0.3) is 0 Å². The van der Waals surface area contributed by atoms with E-state index in [9.17, 15) is 14.4 Å².